The van der Waals surface area contributed by atoms with Crippen LogP contribution >= 0.6 is 7.82 Å². The minimum atomic E-state index is -3.98. The second kappa shape index (κ2) is 25.0. The van der Waals surface area contributed by atoms with E-state index in [1.54, 1.807) is 0 Å². The highest BCUT2D eigenvalue weighted by molar-refractivity contribution is 7.45. The lowest BCUT2D eigenvalue weighted by Crippen LogP contribution is -2.30. The van der Waals surface area contributed by atoms with Crippen LogP contribution in [0.3, 0.4) is 0 Å². The SMILES string of the molecule is CCCCCCCCCCCCCCCCn1cc[n+](CCC)c1.CCCOP(=O)([O-])OCCC. The first-order chi connectivity index (χ1) is 17.0. The summed E-state index contributed by atoms with van der Waals surface area (Å²) in [6, 6.07) is 0. The van der Waals surface area contributed by atoms with Gasteiger partial charge in [0.15, 0.2) is 0 Å². The van der Waals surface area contributed by atoms with Crippen LogP contribution in [0.2, 0.25) is 0 Å². The number of aryl methyl sites for hydroxylation is 2. The van der Waals surface area contributed by atoms with Gasteiger partial charge in [0, 0.05) is 0 Å². The molecule has 0 aliphatic rings. The number of imidazole rings is 1. The molecule has 0 saturated carbocycles. The van der Waals surface area contributed by atoms with Crippen molar-refractivity contribution in [2.24, 2.45) is 0 Å². The molecule has 0 atom stereocenters. The Kier molecular flexibility index (Phi) is 24.5. The van der Waals surface area contributed by atoms with Crippen LogP contribution in [0.5, 0.6) is 0 Å². The van der Waals surface area contributed by atoms with Gasteiger partial charge in [0.1, 0.15) is 12.4 Å². The molecule has 0 bridgehead atoms. The van der Waals surface area contributed by atoms with E-state index in [2.05, 4.69) is 50.8 Å². The highest BCUT2D eigenvalue weighted by atomic mass is 31.2. The van der Waals surface area contributed by atoms with Gasteiger partial charge in [-0.3, -0.25) is 4.57 Å². The van der Waals surface area contributed by atoms with Gasteiger partial charge in [0.25, 0.3) is 7.82 Å². The zero-order chi connectivity index (χ0) is 26.0. The maximum absolute atomic E-state index is 10.7. The number of phosphoric ester groups is 1. The zero-order valence-electron chi connectivity index (χ0n) is 23.6. The summed E-state index contributed by atoms with van der Waals surface area (Å²) in [5.74, 6) is 0. The van der Waals surface area contributed by atoms with Gasteiger partial charge in [0.2, 0.25) is 6.33 Å². The first-order valence-electron chi connectivity index (χ1n) is 14.6. The molecule has 1 rings (SSSR count). The van der Waals surface area contributed by atoms with Crippen LogP contribution in [0.1, 0.15) is 137 Å². The number of aromatic nitrogens is 2. The lowest BCUT2D eigenvalue weighted by atomic mass is 10.0. The van der Waals surface area contributed by atoms with Gasteiger partial charge < -0.3 is 13.9 Å². The average Bonchev–Trinajstić information content (AvgIpc) is 3.29. The van der Waals surface area contributed by atoms with Gasteiger partial charge >= 0.3 is 0 Å². The maximum Gasteiger partial charge on any atom is 0.267 e. The summed E-state index contributed by atoms with van der Waals surface area (Å²) in [5, 5.41) is 0. The molecule has 208 valence electrons. The molecule has 0 radical (unpaired) electrons. The predicted octanol–water partition coefficient (Wildman–Crippen LogP) is 7.97. The lowest BCUT2D eigenvalue weighted by molar-refractivity contribution is -0.696. The highest BCUT2D eigenvalue weighted by Crippen LogP contribution is 2.38. The fraction of sp³-hybridized carbons (Fsp3) is 0.893. The van der Waals surface area contributed by atoms with Gasteiger partial charge in [-0.25, -0.2) is 9.13 Å². The molecule has 1 aromatic rings. The third-order valence-corrected chi connectivity index (χ3v) is 6.90. The Morgan fingerprint density at radius 3 is 1.57 bits per heavy atom. The summed E-state index contributed by atoms with van der Waals surface area (Å²) in [4.78, 5) is 10.7. The first kappa shape index (κ1) is 34.3. The minimum Gasteiger partial charge on any atom is -0.756 e. The third-order valence-electron chi connectivity index (χ3n) is 5.90. The molecule has 0 fully saturated rings. The van der Waals surface area contributed by atoms with Gasteiger partial charge in [-0.2, -0.15) is 0 Å². The second-order valence-corrected chi connectivity index (χ2v) is 11.0. The van der Waals surface area contributed by atoms with Gasteiger partial charge in [-0.15, -0.1) is 0 Å². The Hall–Kier alpha value is -0.680. The van der Waals surface area contributed by atoms with E-state index in [0.29, 0.717) is 12.8 Å². The number of nitrogens with zero attached hydrogens (tertiary/aromatic N) is 2. The molecule has 0 aromatic carbocycles. The number of hydrogen-bond donors (Lipinski definition) is 0. The van der Waals surface area contributed by atoms with E-state index in [0.717, 1.165) is 6.54 Å². The minimum absolute atomic E-state index is 0.199. The van der Waals surface area contributed by atoms with Crippen molar-refractivity contribution < 1.29 is 23.1 Å². The zero-order valence-corrected chi connectivity index (χ0v) is 24.5. The average molecular weight is 517 g/mol. The van der Waals surface area contributed by atoms with Crippen molar-refractivity contribution in [1.82, 2.24) is 4.57 Å². The largest absolute Gasteiger partial charge is 0.756 e. The second-order valence-electron chi connectivity index (χ2n) is 9.60. The van der Waals surface area contributed by atoms with Crippen LogP contribution in [0.4, 0.5) is 0 Å². The Balaban J connectivity index is 0.000000883. The van der Waals surface area contributed by atoms with Crippen LogP contribution in [-0.2, 0) is 26.7 Å². The standard InChI is InChI=1S/C22H43N2.C6H15O4P/c1-3-5-6-7-8-9-10-11-12-13-14-15-16-17-19-24-21-20-23(22-24)18-4-2;1-3-5-9-11(7,8)10-6-4-2/h20-22H,3-19H2,1-2H3;3-6H2,1-2H3,(H,7,8)/q+1;/p-1. The number of unbranched alkanes of at least 4 members (excludes halogenated alkanes) is 13. The van der Waals surface area contributed by atoms with E-state index in [9.17, 15) is 9.46 Å². The van der Waals surface area contributed by atoms with Gasteiger partial charge in [0.05, 0.1) is 26.3 Å². The summed E-state index contributed by atoms with van der Waals surface area (Å²) >= 11 is 0. The van der Waals surface area contributed by atoms with Crippen molar-refractivity contribution in [2.75, 3.05) is 13.2 Å². The molecule has 1 aromatic heterocycles. The number of hydrogen-bond acceptors (Lipinski definition) is 4. The Morgan fingerprint density at radius 2 is 1.14 bits per heavy atom. The molecule has 0 aliphatic carbocycles. The summed E-state index contributed by atoms with van der Waals surface area (Å²) in [6.07, 6.45) is 29.3. The normalized spacial score (nSPS) is 11.5. The van der Waals surface area contributed by atoms with E-state index < -0.39 is 7.82 Å². The third kappa shape index (κ3) is 23.5. The van der Waals surface area contributed by atoms with Crippen LogP contribution in [-0.4, -0.2) is 17.8 Å². The van der Waals surface area contributed by atoms with E-state index in [4.69, 9.17) is 0 Å². The molecule has 0 aliphatic heterocycles. The molecule has 0 spiro atoms. The quantitative estimate of drug-likeness (QED) is 0.0840. The van der Waals surface area contributed by atoms with Crippen molar-refractivity contribution in [1.29, 1.82) is 0 Å². The van der Waals surface area contributed by atoms with Crippen molar-refractivity contribution >= 4 is 7.82 Å². The highest BCUT2D eigenvalue weighted by Gasteiger charge is 2.06. The molecular weight excluding hydrogens is 459 g/mol. The van der Waals surface area contributed by atoms with Crippen LogP contribution in [0.25, 0.3) is 0 Å². The Labute approximate surface area is 217 Å². The molecule has 35 heavy (non-hydrogen) atoms. The topological polar surface area (TPSA) is 67.4 Å². The molecule has 0 amide bonds. The molecular formula is C28H57N2O4P. The van der Waals surface area contributed by atoms with E-state index in [-0.39, 0.29) is 13.2 Å². The fourth-order valence-corrected chi connectivity index (χ4v) is 4.78. The number of rotatable bonds is 23. The smallest absolute Gasteiger partial charge is 0.267 e. The van der Waals surface area contributed by atoms with Crippen molar-refractivity contribution in [3.05, 3.63) is 18.7 Å². The Bertz CT molecular complexity index is 598. The van der Waals surface area contributed by atoms with Gasteiger partial charge in [-0.1, -0.05) is 105 Å². The van der Waals surface area contributed by atoms with E-state index in [1.165, 1.54) is 103 Å². The summed E-state index contributed by atoms with van der Waals surface area (Å²) in [5.41, 5.74) is 0. The van der Waals surface area contributed by atoms with Crippen molar-refractivity contribution in [3.63, 3.8) is 0 Å². The Morgan fingerprint density at radius 1 is 0.686 bits per heavy atom. The molecule has 0 N–H and O–H groups in total. The predicted molar refractivity (Wildman–Crippen MR) is 145 cm³/mol. The van der Waals surface area contributed by atoms with Crippen molar-refractivity contribution in [3.8, 4) is 0 Å². The molecule has 1 heterocycles. The lowest BCUT2D eigenvalue weighted by Gasteiger charge is -2.21. The monoisotopic (exact) mass is 516 g/mol. The first-order valence-corrected chi connectivity index (χ1v) is 16.1. The molecule has 0 unspecified atom stereocenters. The molecule has 0 saturated heterocycles. The summed E-state index contributed by atoms with van der Waals surface area (Å²) < 4.78 is 24.3. The summed E-state index contributed by atoms with van der Waals surface area (Å²) in [7, 11) is -3.98. The molecule has 7 heteroatoms. The van der Waals surface area contributed by atoms with Crippen LogP contribution in [0.15, 0.2) is 18.7 Å². The van der Waals surface area contributed by atoms with E-state index >= 15 is 0 Å². The van der Waals surface area contributed by atoms with Crippen LogP contribution < -0.4 is 9.46 Å². The van der Waals surface area contributed by atoms with Gasteiger partial charge in [-0.05, 0) is 32.1 Å². The fourth-order valence-electron chi connectivity index (χ4n) is 3.89. The van der Waals surface area contributed by atoms with Crippen LogP contribution in [0, 0.1) is 0 Å². The van der Waals surface area contributed by atoms with E-state index in [1.807, 2.05) is 13.8 Å². The number of phosphoric acid groups is 1. The summed E-state index contributed by atoms with van der Waals surface area (Å²) in [6.45, 7) is 10.9. The van der Waals surface area contributed by atoms with Crippen molar-refractivity contribution in [2.45, 2.75) is 150 Å². The molecule has 6 nitrogen and oxygen atoms in total. The maximum atomic E-state index is 10.7.